The van der Waals surface area contributed by atoms with Crippen LogP contribution in [-0.2, 0) is 14.3 Å². The van der Waals surface area contributed by atoms with E-state index < -0.39 is 11.9 Å². The zero-order valence-electron chi connectivity index (χ0n) is 26.4. The number of nitrogens with zero attached hydrogens (tertiary/aromatic N) is 2. The molecule has 1 aromatic rings. The van der Waals surface area contributed by atoms with E-state index in [0.29, 0.717) is 43.1 Å². The first-order valence-electron chi connectivity index (χ1n) is 15.7. The summed E-state index contributed by atoms with van der Waals surface area (Å²) in [6.45, 7) is 12.6. The van der Waals surface area contributed by atoms with Gasteiger partial charge in [-0.2, -0.15) is 10.4 Å². The number of allylic oxidation sites excluding steroid dienone is 2. The van der Waals surface area contributed by atoms with Crippen LogP contribution in [0, 0.1) is 29.1 Å². The lowest BCUT2D eigenvalue weighted by Crippen LogP contribution is -2.23. The van der Waals surface area contributed by atoms with E-state index in [4.69, 9.17) is 9.47 Å². The Morgan fingerprint density at radius 1 is 1.02 bits per heavy atom. The lowest BCUT2D eigenvalue weighted by molar-refractivity contribution is -0.116. The van der Waals surface area contributed by atoms with E-state index in [1.807, 2.05) is 6.92 Å². The van der Waals surface area contributed by atoms with Gasteiger partial charge in [-0.1, -0.05) is 73.1 Å². The number of Topliss-reactive ketones (excluding diaryl/α,β-unsaturated/α-hetero) is 1. The maximum Gasteiger partial charge on any atom is 0.340 e. The number of hydrogen-bond donors (Lipinski definition) is 1. The average Bonchev–Trinajstić information content (AvgIpc) is 3.10. The zero-order valence-corrected chi connectivity index (χ0v) is 26.4. The molecule has 42 heavy (non-hydrogen) atoms. The summed E-state index contributed by atoms with van der Waals surface area (Å²) in [4.78, 5) is 39.3. The minimum absolute atomic E-state index is 0.149. The van der Waals surface area contributed by atoms with Gasteiger partial charge in [0.25, 0.3) is 0 Å². The molecule has 1 aliphatic carbocycles. The van der Waals surface area contributed by atoms with Gasteiger partial charge < -0.3 is 9.47 Å². The topological polar surface area (TPSA) is 118 Å². The maximum atomic E-state index is 13.2. The van der Waals surface area contributed by atoms with Crippen molar-refractivity contribution in [2.45, 2.75) is 106 Å². The Kier molecular flexibility index (Phi) is 15.0. The van der Waals surface area contributed by atoms with Crippen LogP contribution < -0.4 is 5.43 Å². The number of ketones is 1. The summed E-state index contributed by atoms with van der Waals surface area (Å²) in [6.07, 6.45) is 9.17. The van der Waals surface area contributed by atoms with Gasteiger partial charge in [-0.05, 0) is 68.2 Å². The highest BCUT2D eigenvalue weighted by molar-refractivity contribution is 6.47. The van der Waals surface area contributed by atoms with E-state index in [-0.39, 0.29) is 40.1 Å². The fourth-order valence-electron chi connectivity index (χ4n) is 4.92. The van der Waals surface area contributed by atoms with E-state index in [1.165, 1.54) is 12.1 Å². The molecule has 8 heteroatoms. The Balaban J connectivity index is 2.39. The number of benzene rings is 1. The summed E-state index contributed by atoms with van der Waals surface area (Å²) in [6, 6.07) is 6.78. The molecule has 2 rings (SSSR count). The van der Waals surface area contributed by atoms with Crippen molar-refractivity contribution in [3.05, 3.63) is 40.5 Å². The van der Waals surface area contributed by atoms with Gasteiger partial charge in [0, 0.05) is 11.5 Å². The van der Waals surface area contributed by atoms with Crippen molar-refractivity contribution in [1.82, 2.24) is 0 Å². The first-order chi connectivity index (χ1) is 20.2. The highest BCUT2D eigenvalue weighted by Gasteiger charge is 2.27. The largest absolute Gasteiger partial charge is 0.462 e. The molecule has 0 saturated heterocycles. The Labute approximate surface area is 251 Å². The molecular formula is C34H49N3O5. The van der Waals surface area contributed by atoms with E-state index >= 15 is 0 Å². The molecule has 1 aliphatic rings. The van der Waals surface area contributed by atoms with E-state index in [9.17, 15) is 19.6 Å². The van der Waals surface area contributed by atoms with Crippen molar-refractivity contribution in [2.75, 3.05) is 18.6 Å². The first-order valence-corrected chi connectivity index (χ1v) is 15.7. The van der Waals surface area contributed by atoms with Crippen LogP contribution >= 0.6 is 0 Å². The van der Waals surface area contributed by atoms with E-state index in [1.54, 1.807) is 13.0 Å². The normalized spacial score (nSPS) is 17.8. The number of carbonyl (C=O) groups is 3. The Hall–Kier alpha value is -3.47. The molecule has 0 aliphatic heterocycles. The first kappa shape index (κ1) is 34.7. The summed E-state index contributed by atoms with van der Waals surface area (Å²) in [5.41, 5.74) is 4.74. The number of carbonyl (C=O) groups excluding carboxylic acids is 3. The third-order valence-electron chi connectivity index (χ3n) is 8.20. The smallest absolute Gasteiger partial charge is 0.340 e. The number of ether oxygens (including phenoxy) is 2. The fraction of sp³-hybridized carbons (Fsp3) is 0.618. The van der Waals surface area contributed by atoms with Gasteiger partial charge in [0.2, 0.25) is 0 Å². The number of nitriles is 1. The van der Waals surface area contributed by atoms with Crippen molar-refractivity contribution in [3.63, 3.8) is 0 Å². The second-order valence-electron chi connectivity index (χ2n) is 11.4. The molecular weight excluding hydrogens is 530 g/mol. The monoisotopic (exact) mass is 579 g/mol. The van der Waals surface area contributed by atoms with Crippen molar-refractivity contribution >= 4 is 29.1 Å². The summed E-state index contributed by atoms with van der Waals surface area (Å²) < 4.78 is 11.3. The van der Waals surface area contributed by atoms with Gasteiger partial charge in [0.1, 0.15) is 5.71 Å². The third kappa shape index (κ3) is 10.1. The highest BCUT2D eigenvalue weighted by atomic mass is 16.5. The van der Waals surface area contributed by atoms with Crippen LogP contribution in [-0.4, -0.2) is 36.6 Å². The quantitative estimate of drug-likeness (QED) is 0.155. The van der Waals surface area contributed by atoms with Gasteiger partial charge >= 0.3 is 11.9 Å². The highest BCUT2D eigenvalue weighted by Crippen LogP contribution is 2.26. The second kappa shape index (κ2) is 18.1. The number of hydrazone groups is 1. The van der Waals surface area contributed by atoms with Crippen LogP contribution in [0.25, 0.3) is 0 Å². The van der Waals surface area contributed by atoms with Crippen molar-refractivity contribution < 1.29 is 23.9 Å². The van der Waals surface area contributed by atoms with Crippen molar-refractivity contribution in [2.24, 2.45) is 22.9 Å². The van der Waals surface area contributed by atoms with Crippen LogP contribution in [0.15, 0.2) is 34.4 Å². The molecule has 1 N–H and O–H groups in total. The Morgan fingerprint density at radius 3 is 2.17 bits per heavy atom. The summed E-state index contributed by atoms with van der Waals surface area (Å²) in [5, 5.41) is 14.0. The van der Waals surface area contributed by atoms with Crippen LogP contribution in [0.4, 0.5) is 5.69 Å². The predicted octanol–water partition coefficient (Wildman–Crippen LogP) is 8.04. The molecule has 0 bridgehead atoms. The molecule has 0 aromatic heterocycles. The number of anilines is 1. The molecule has 0 heterocycles. The standard InChI is InChI=1S/C34H49N3O5/c1-7-11-13-25(9-3)21-41-33(39)27-17-18-29(34(40)42-22-26(10-4)14-12-8-2)30(19-27)36-37-31-24(6)28(20-35)16-15-23(5)32(31)38/h17-19,23,25-26,36H,7-16,21-22H2,1-6H3/b37-31+. The number of nitrogens with one attached hydrogen (secondary N) is 1. The molecule has 8 nitrogen and oxygen atoms in total. The average molecular weight is 580 g/mol. The number of rotatable bonds is 16. The lowest BCUT2D eigenvalue weighted by Gasteiger charge is -2.17. The van der Waals surface area contributed by atoms with Gasteiger partial charge in [-0.15, -0.1) is 0 Å². The number of unbranched alkanes of at least 4 members (excludes halogenated alkanes) is 2. The molecule has 1 aromatic carbocycles. The van der Waals surface area contributed by atoms with Crippen LogP contribution in [0.5, 0.6) is 0 Å². The Morgan fingerprint density at radius 2 is 1.62 bits per heavy atom. The molecule has 0 amide bonds. The van der Waals surface area contributed by atoms with E-state index in [2.05, 4.69) is 44.3 Å². The van der Waals surface area contributed by atoms with Gasteiger partial charge in [0.05, 0.1) is 36.1 Å². The van der Waals surface area contributed by atoms with Crippen LogP contribution in [0.1, 0.15) is 126 Å². The second-order valence-corrected chi connectivity index (χ2v) is 11.4. The SMILES string of the molecule is CCCCC(CC)COC(=O)c1ccc(C(=O)OCC(CC)CCCC)c(N/N=C2/C(=O)C(C)CCC(C#N)=C2C)c1. The van der Waals surface area contributed by atoms with Gasteiger partial charge in [0.15, 0.2) is 5.78 Å². The minimum atomic E-state index is -0.538. The molecule has 0 radical (unpaired) electrons. The number of hydrogen-bond acceptors (Lipinski definition) is 8. The predicted molar refractivity (Wildman–Crippen MR) is 166 cm³/mol. The molecule has 0 spiro atoms. The third-order valence-corrected chi connectivity index (χ3v) is 8.20. The van der Waals surface area contributed by atoms with E-state index in [0.717, 1.165) is 51.4 Å². The summed E-state index contributed by atoms with van der Waals surface area (Å²) >= 11 is 0. The van der Waals surface area contributed by atoms with Crippen LogP contribution in [0.3, 0.4) is 0 Å². The van der Waals surface area contributed by atoms with Gasteiger partial charge in [-0.3, -0.25) is 10.2 Å². The lowest BCUT2D eigenvalue weighted by atomic mass is 9.99. The Bertz CT molecular complexity index is 1180. The molecule has 0 saturated carbocycles. The van der Waals surface area contributed by atoms with Crippen LogP contribution in [0.2, 0.25) is 0 Å². The van der Waals surface area contributed by atoms with Crippen molar-refractivity contribution in [1.29, 1.82) is 5.26 Å². The van der Waals surface area contributed by atoms with Crippen molar-refractivity contribution in [3.8, 4) is 6.07 Å². The minimum Gasteiger partial charge on any atom is -0.462 e. The summed E-state index contributed by atoms with van der Waals surface area (Å²) in [7, 11) is 0. The number of esters is 2. The fourth-order valence-corrected chi connectivity index (χ4v) is 4.92. The summed E-state index contributed by atoms with van der Waals surface area (Å²) in [5.74, 6) is -0.952. The molecule has 3 unspecified atom stereocenters. The molecule has 0 fully saturated rings. The molecule has 230 valence electrons. The van der Waals surface area contributed by atoms with Gasteiger partial charge in [-0.25, -0.2) is 9.59 Å². The maximum absolute atomic E-state index is 13.2. The zero-order chi connectivity index (χ0) is 31.1. The molecule has 3 atom stereocenters.